The summed E-state index contributed by atoms with van der Waals surface area (Å²) in [5.74, 6) is -0.334. The van der Waals surface area contributed by atoms with Gasteiger partial charge in [0.15, 0.2) is 0 Å². The summed E-state index contributed by atoms with van der Waals surface area (Å²) in [6.07, 6.45) is -2.97. The number of nitrogens with one attached hydrogen (secondary N) is 1. The molecule has 0 radical (unpaired) electrons. The summed E-state index contributed by atoms with van der Waals surface area (Å²) in [7, 11) is 3.05. The monoisotopic (exact) mass is 506 g/mol. The first-order valence-electron chi connectivity index (χ1n) is 11.1. The summed E-state index contributed by atoms with van der Waals surface area (Å²) in [6, 6.07) is 8.27. The number of fused-ring (bicyclic) bond motifs is 1. The van der Waals surface area contributed by atoms with Crippen LogP contribution in [0, 0.1) is 5.92 Å². The predicted octanol–water partition coefficient (Wildman–Crippen LogP) is 3.09. The highest BCUT2D eigenvalue weighted by Gasteiger charge is 2.33. The molecular weight excluding hydrogens is 481 g/mol. The van der Waals surface area contributed by atoms with Crippen LogP contribution in [0.15, 0.2) is 42.6 Å². The molecule has 12 heteroatoms. The Bertz CT molecular complexity index is 1240. The van der Waals surface area contributed by atoms with Crippen LogP contribution in [0.5, 0.6) is 11.5 Å². The van der Waals surface area contributed by atoms with Gasteiger partial charge in [0.1, 0.15) is 11.5 Å². The lowest BCUT2D eigenvalue weighted by atomic mass is 9.99. The van der Waals surface area contributed by atoms with E-state index in [0.717, 1.165) is 12.1 Å². The molecule has 1 aliphatic rings. The van der Waals surface area contributed by atoms with Crippen molar-refractivity contribution in [3.63, 3.8) is 0 Å². The topological polar surface area (TPSA) is 94.9 Å². The summed E-state index contributed by atoms with van der Waals surface area (Å²) in [6.45, 7) is 2.29. The Morgan fingerprint density at radius 1 is 1.11 bits per heavy atom. The van der Waals surface area contributed by atoms with E-state index in [9.17, 15) is 22.8 Å². The first kappa shape index (κ1) is 25.3. The SMILES string of the molecule is COCCNC(=O)c1ccc2nn(CC3CN(C(=O)c4ccc(OC(F)(F)F)cc4)C3)cc2c1OC. The fraction of sp³-hybridized carbons (Fsp3) is 0.375. The van der Waals surface area contributed by atoms with Crippen LogP contribution < -0.4 is 14.8 Å². The molecule has 0 aliphatic carbocycles. The van der Waals surface area contributed by atoms with E-state index in [4.69, 9.17) is 9.47 Å². The number of carbonyl (C=O) groups excluding carboxylic acids is 2. The van der Waals surface area contributed by atoms with Gasteiger partial charge in [0.25, 0.3) is 11.8 Å². The molecule has 3 aromatic rings. The molecule has 1 aliphatic heterocycles. The van der Waals surface area contributed by atoms with Crippen molar-refractivity contribution < 1.29 is 37.0 Å². The molecule has 1 aromatic heterocycles. The maximum atomic E-state index is 12.6. The number of halogens is 3. The molecule has 9 nitrogen and oxygen atoms in total. The van der Waals surface area contributed by atoms with Gasteiger partial charge in [-0.25, -0.2) is 0 Å². The zero-order valence-corrected chi connectivity index (χ0v) is 19.7. The lowest BCUT2D eigenvalue weighted by Crippen LogP contribution is -2.51. The number of rotatable bonds is 9. The minimum Gasteiger partial charge on any atom is -0.495 e. The van der Waals surface area contributed by atoms with Gasteiger partial charge in [-0.3, -0.25) is 14.3 Å². The molecule has 36 heavy (non-hydrogen) atoms. The first-order valence-corrected chi connectivity index (χ1v) is 11.1. The minimum atomic E-state index is -4.78. The molecule has 4 rings (SSSR count). The van der Waals surface area contributed by atoms with Crippen molar-refractivity contribution in [2.75, 3.05) is 40.5 Å². The standard InChI is InChI=1S/C24H25F3N4O5/c1-34-10-9-28-22(32)18-7-8-20-19(21(18)35-2)14-31(29-20)13-15-11-30(12-15)23(33)16-3-5-17(6-4-16)36-24(25,26)27/h3-8,14-15H,9-13H2,1-2H3,(H,28,32). The number of hydrogen-bond acceptors (Lipinski definition) is 6. The van der Waals surface area contributed by atoms with Crippen molar-refractivity contribution in [3.8, 4) is 11.5 Å². The van der Waals surface area contributed by atoms with Crippen LogP contribution in [0.1, 0.15) is 20.7 Å². The average Bonchev–Trinajstić information content (AvgIpc) is 3.22. The Kier molecular flexibility index (Phi) is 7.34. The number of methoxy groups -OCH3 is 2. The Morgan fingerprint density at radius 2 is 1.83 bits per heavy atom. The number of ether oxygens (including phenoxy) is 3. The van der Waals surface area contributed by atoms with E-state index >= 15 is 0 Å². The molecule has 2 aromatic carbocycles. The zero-order valence-electron chi connectivity index (χ0n) is 19.7. The summed E-state index contributed by atoms with van der Waals surface area (Å²) >= 11 is 0. The van der Waals surface area contributed by atoms with Gasteiger partial charge in [0.2, 0.25) is 0 Å². The molecule has 1 fully saturated rings. The Balaban J connectivity index is 1.37. The number of likely N-dealkylation sites (tertiary alicyclic amines) is 1. The van der Waals surface area contributed by atoms with Crippen LogP contribution in [0.3, 0.4) is 0 Å². The molecule has 0 bridgehead atoms. The van der Waals surface area contributed by atoms with Gasteiger partial charge in [-0.1, -0.05) is 0 Å². The van der Waals surface area contributed by atoms with E-state index in [-0.39, 0.29) is 29.0 Å². The lowest BCUT2D eigenvalue weighted by Gasteiger charge is -2.39. The van der Waals surface area contributed by atoms with E-state index in [1.54, 1.807) is 28.8 Å². The Labute approximate surface area is 204 Å². The van der Waals surface area contributed by atoms with Crippen molar-refractivity contribution in [1.29, 1.82) is 0 Å². The van der Waals surface area contributed by atoms with E-state index < -0.39 is 6.36 Å². The summed E-state index contributed by atoms with van der Waals surface area (Å²) < 4.78 is 53.0. The van der Waals surface area contributed by atoms with Gasteiger partial charge in [0, 0.05) is 51.0 Å². The molecule has 2 amide bonds. The van der Waals surface area contributed by atoms with Gasteiger partial charge in [0.05, 0.1) is 30.2 Å². The van der Waals surface area contributed by atoms with E-state index in [1.165, 1.54) is 19.2 Å². The Hall–Kier alpha value is -3.80. The van der Waals surface area contributed by atoms with E-state index in [0.29, 0.717) is 55.0 Å². The van der Waals surface area contributed by atoms with Crippen molar-refractivity contribution >= 4 is 22.7 Å². The van der Waals surface area contributed by atoms with Crippen LogP contribution in [0.25, 0.3) is 10.9 Å². The summed E-state index contributed by atoms with van der Waals surface area (Å²) in [5, 5.41) is 8.03. The van der Waals surface area contributed by atoms with Crippen molar-refractivity contribution in [2.24, 2.45) is 5.92 Å². The van der Waals surface area contributed by atoms with E-state index in [1.807, 2.05) is 6.20 Å². The first-order chi connectivity index (χ1) is 17.2. The highest BCUT2D eigenvalue weighted by Crippen LogP contribution is 2.30. The molecular formula is C24H25F3N4O5. The second kappa shape index (κ2) is 10.4. The third-order valence-corrected chi connectivity index (χ3v) is 5.75. The van der Waals surface area contributed by atoms with Crippen molar-refractivity contribution in [1.82, 2.24) is 20.0 Å². The molecule has 0 atom stereocenters. The van der Waals surface area contributed by atoms with Gasteiger partial charge in [-0.15, -0.1) is 13.2 Å². The zero-order chi connectivity index (χ0) is 25.9. The lowest BCUT2D eigenvalue weighted by molar-refractivity contribution is -0.274. The van der Waals surface area contributed by atoms with Gasteiger partial charge in [-0.2, -0.15) is 5.10 Å². The maximum Gasteiger partial charge on any atom is 0.573 e. The van der Waals surface area contributed by atoms with Crippen LogP contribution in [0.4, 0.5) is 13.2 Å². The molecule has 192 valence electrons. The number of hydrogen-bond donors (Lipinski definition) is 1. The summed E-state index contributed by atoms with van der Waals surface area (Å²) in [5.41, 5.74) is 1.36. The largest absolute Gasteiger partial charge is 0.573 e. The fourth-order valence-electron chi connectivity index (χ4n) is 4.07. The average molecular weight is 506 g/mol. The summed E-state index contributed by atoms with van der Waals surface area (Å²) in [4.78, 5) is 26.8. The normalized spacial score (nSPS) is 14.0. The fourth-order valence-corrected chi connectivity index (χ4v) is 4.07. The van der Waals surface area contributed by atoms with Crippen molar-refractivity contribution in [2.45, 2.75) is 12.9 Å². The Morgan fingerprint density at radius 3 is 2.47 bits per heavy atom. The molecule has 2 heterocycles. The number of amides is 2. The molecule has 0 unspecified atom stereocenters. The number of alkyl halides is 3. The van der Waals surface area contributed by atoms with E-state index in [2.05, 4.69) is 15.2 Å². The molecule has 0 spiro atoms. The minimum absolute atomic E-state index is 0.152. The highest BCUT2D eigenvalue weighted by molar-refractivity contribution is 6.03. The predicted molar refractivity (Wildman–Crippen MR) is 123 cm³/mol. The van der Waals surface area contributed by atoms with Gasteiger partial charge in [-0.05, 0) is 36.4 Å². The molecule has 0 saturated carbocycles. The van der Waals surface area contributed by atoms with Crippen LogP contribution >= 0.6 is 0 Å². The highest BCUT2D eigenvalue weighted by atomic mass is 19.4. The molecule has 1 N–H and O–H groups in total. The molecule has 1 saturated heterocycles. The van der Waals surface area contributed by atoms with Crippen LogP contribution in [-0.2, 0) is 11.3 Å². The van der Waals surface area contributed by atoms with Gasteiger partial charge >= 0.3 is 6.36 Å². The number of aromatic nitrogens is 2. The second-order valence-electron chi connectivity index (χ2n) is 8.33. The van der Waals surface area contributed by atoms with Gasteiger partial charge < -0.3 is 24.4 Å². The second-order valence-corrected chi connectivity index (χ2v) is 8.33. The maximum absolute atomic E-state index is 12.6. The quantitative estimate of drug-likeness (QED) is 0.449. The number of carbonyl (C=O) groups is 2. The third kappa shape index (κ3) is 5.70. The third-order valence-electron chi connectivity index (χ3n) is 5.75. The number of nitrogens with zero attached hydrogens (tertiary/aromatic N) is 3. The van der Waals surface area contributed by atoms with Crippen LogP contribution in [0.2, 0.25) is 0 Å². The number of benzene rings is 2. The van der Waals surface area contributed by atoms with Crippen LogP contribution in [-0.4, -0.2) is 73.3 Å². The smallest absolute Gasteiger partial charge is 0.495 e. The van der Waals surface area contributed by atoms with Crippen molar-refractivity contribution in [3.05, 3.63) is 53.7 Å².